The summed E-state index contributed by atoms with van der Waals surface area (Å²) < 4.78 is 0. The molecule has 2 N–H and O–H groups in total. The number of benzene rings is 1. The minimum Gasteiger partial charge on any atom is -0.393 e. The van der Waals surface area contributed by atoms with Crippen LogP contribution >= 0.6 is 0 Å². The molecule has 0 aliphatic heterocycles. The lowest BCUT2D eigenvalue weighted by Gasteiger charge is -2.14. The van der Waals surface area contributed by atoms with E-state index in [0.29, 0.717) is 0 Å². The van der Waals surface area contributed by atoms with E-state index in [4.69, 9.17) is 10.2 Å². The van der Waals surface area contributed by atoms with Crippen molar-refractivity contribution in [3.63, 3.8) is 0 Å². The highest BCUT2D eigenvalue weighted by atomic mass is 16.3. The van der Waals surface area contributed by atoms with Crippen molar-refractivity contribution >= 4 is 0 Å². The molecule has 16 heavy (non-hydrogen) atoms. The van der Waals surface area contributed by atoms with E-state index in [0.717, 1.165) is 18.4 Å². The van der Waals surface area contributed by atoms with Crippen LogP contribution in [0.4, 0.5) is 0 Å². The minimum absolute atomic E-state index is 0.0359. The maximum Gasteiger partial charge on any atom is 0.0761 e. The van der Waals surface area contributed by atoms with Gasteiger partial charge in [-0.15, -0.1) is 0 Å². The molecule has 1 aromatic rings. The van der Waals surface area contributed by atoms with Gasteiger partial charge in [0.1, 0.15) is 0 Å². The van der Waals surface area contributed by atoms with Crippen molar-refractivity contribution in [2.75, 3.05) is 0 Å². The van der Waals surface area contributed by atoms with Gasteiger partial charge in [-0.25, -0.2) is 0 Å². The Morgan fingerprint density at radius 3 is 1.94 bits per heavy atom. The Kier molecular flexibility index (Phi) is 6.12. The Bertz CT molecular complexity index is 263. The fraction of sp³-hybridized carbons (Fsp3) is 0.571. The van der Waals surface area contributed by atoms with Crippen molar-refractivity contribution in [3.8, 4) is 0 Å². The van der Waals surface area contributed by atoms with E-state index in [9.17, 15) is 0 Å². The Morgan fingerprint density at radius 2 is 1.62 bits per heavy atom. The zero-order valence-corrected chi connectivity index (χ0v) is 9.97. The first-order valence-electron chi connectivity index (χ1n) is 6.11. The lowest BCUT2D eigenvalue weighted by atomic mass is 9.98. The first kappa shape index (κ1) is 13.2. The van der Waals surface area contributed by atoms with Crippen LogP contribution < -0.4 is 0 Å². The lowest BCUT2D eigenvalue weighted by Crippen LogP contribution is -2.09. The number of aliphatic hydroxyl groups is 2. The van der Waals surface area contributed by atoms with Crippen molar-refractivity contribution in [3.05, 3.63) is 35.9 Å². The zero-order valence-electron chi connectivity index (χ0n) is 9.97. The molecule has 1 atom stereocenters. The van der Waals surface area contributed by atoms with Crippen molar-refractivity contribution in [1.29, 1.82) is 0 Å². The summed E-state index contributed by atoms with van der Waals surface area (Å²) in [6.07, 6.45) is 5.58. The van der Waals surface area contributed by atoms with Gasteiger partial charge in [0.15, 0.2) is 0 Å². The highest BCUT2D eigenvalue weighted by molar-refractivity contribution is 5.16. The topological polar surface area (TPSA) is 40.5 Å². The smallest absolute Gasteiger partial charge is 0.0761 e. The summed E-state index contributed by atoms with van der Waals surface area (Å²) in [5, 5.41) is 17.9. The molecule has 0 radical (unpaired) electrons. The molecule has 2 rings (SSSR count). The van der Waals surface area contributed by atoms with E-state index in [1.807, 2.05) is 30.3 Å². The van der Waals surface area contributed by atoms with Gasteiger partial charge in [0.2, 0.25) is 0 Å². The molecule has 0 aromatic heterocycles. The number of hydrogen-bond acceptors (Lipinski definition) is 2. The molecule has 1 fully saturated rings. The van der Waals surface area contributed by atoms with Crippen LogP contribution in [0.25, 0.3) is 0 Å². The second-order valence-corrected chi connectivity index (χ2v) is 4.38. The van der Waals surface area contributed by atoms with E-state index in [1.165, 1.54) is 19.3 Å². The third-order valence-corrected chi connectivity index (χ3v) is 2.86. The van der Waals surface area contributed by atoms with Gasteiger partial charge in [0, 0.05) is 0 Å². The summed E-state index contributed by atoms with van der Waals surface area (Å²) in [5.74, 6) is 0. The van der Waals surface area contributed by atoms with Gasteiger partial charge in [-0.05, 0) is 25.3 Å². The highest BCUT2D eigenvalue weighted by Gasteiger charge is 2.07. The fourth-order valence-electron chi connectivity index (χ4n) is 1.81. The van der Waals surface area contributed by atoms with Crippen LogP contribution in [-0.2, 0) is 0 Å². The third kappa shape index (κ3) is 5.29. The summed E-state index contributed by atoms with van der Waals surface area (Å²) in [6, 6.07) is 9.59. The second-order valence-electron chi connectivity index (χ2n) is 4.38. The van der Waals surface area contributed by atoms with Crippen molar-refractivity contribution < 1.29 is 10.2 Å². The molecule has 0 saturated heterocycles. The largest absolute Gasteiger partial charge is 0.393 e. The molecule has 1 aromatic carbocycles. The van der Waals surface area contributed by atoms with Gasteiger partial charge in [-0.1, -0.05) is 49.6 Å². The van der Waals surface area contributed by atoms with Crippen LogP contribution in [0.3, 0.4) is 0 Å². The van der Waals surface area contributed by atoms with E-state index in [1.54, 1.807) is 6.92 Å². The van der Waals surface area contributed by atoms with Crippen molar-refractivity contribution in [2.24, 2.45) is 0 Å². The summed E-state index contributed by atoms with van der Waals surface area (Å²) in [6.45, 7) is 1.76. The van der Waals surface area contributed by atoms with Gasteiger partial charge >= 0.3 is 0 Å². The molecule has 1 aliphatic carbocycles. The van der Waals surface area contributed by atoms with E-state index in [-0.39, 0.29) is 12.2 Å². The van der Waals surface area contributed by atoms with Crippen LogP contribution in [0, 0.1) is 0 Å². The fourth-order valence-corrected chi connectivity index (χ4v) is 1.81. The van der Waals surface area contributed by atoms with Crippen molar-refractivity contribution in [2.45, 2.75) is 51.2 Å². The van der Waals surface area contributed by atoms with Gasteiger partial charge in [-0.3, -0.25) is 0 Å². The molecule has 2 nitrogen and oxygen atoms in total. The van der Waals surface area contributed by atoms with E-state index in [2.05, 4.69) is 0 Å². The zero-order chi connectivity index (χ0) is 11.8. The predicted molar refractivity (Wildman–Crippen MR) is 66.2 cm³/mol. The number of hydrogen-bond donors (Lipinski definition) is 2. The lowest BCUT2D eigenvalue weighted by molar-refractivity contribution is 0.130. The van der Waals surface area contributed by atoms with E-state index < -0.39 is 0 Å². The monoisotopic (exact) mass is 222 g/mol. The van der Waals surface area contributed by atoms with Crippen LogP contribution in [0.2, 0.25) is 0 Å². The average Bonchev–Trinajstić information content (AvgIpc) is 2.32. The first-order valence-corrected chi connectivity index (χ1v) is 6.11. The van der Waals surface area contributed by atoms with Crippen LogP contribution in [0.15, 0.2) is 30.3 Å². The molecule has 90 valence electrons. The summed E-state index contributed by atoms with van der Waals surface area (Å²) in [4.78, 5) is 0. The maximum atomic E-state index is 9.02. The molecular weight excluding hydrogens is 200 g/mol. The molecule has 1 unspecified atom stereocenters. The van der Waals surface area contributed by atoms with Crippen LogP contribution in [0.1, 0.15) is 50.7 Å². The second kappa shape index (κ2) is 7.42. The number of rotatable bonds is 1. The summed E-state index contributed by atoms with van der Waals surface area (Å²) >= 11 is 0. The maximum absolute atomic E-state index is 9.02. The summed E-state index contributed by atoms with van der Waals surface area (Å²) in [7, 11) is 0. The molecule has 1 aliphatic rings. The van der Waals surface area contributed by atoms with E-state index >= 15 is 0 Å². The normalized spacial score (nSPS) is 18.4. The van der Waals surface area contributed by atoms with Crippen LogP contribution in [0.5, 0.6) is 0 Å². The Balaban J connectivity index is 0.000000165. The van der Waals surface area contributed by atoms with Gasteiger partial charge in [0.05, 0.1) is 12.2 Å². The molecule has 2 heteroatoms. The third-order valence-electron chi connectivity index (χ3n) is 2.86. The minimum atomic E-state index is -0.341. The SMILES string of the molecule is CC(O)c1ccccc1.OC1CCCCC1. The number of aliphatic hydroxyl groups excluding tert-OH is 2. The molecule has 0 bridgehead atoms. The Morgan fingerprint density at radius 1 is 1.06 bits per heavy atom. The Labute approximate surface area is 97.9 Å². The molecule has 0 heterocycles. The van der Waals surface area contributed by atoms with Crippen molar-refractivity contribution in [1.82, 2.24) is 0 Å². The Hall–Kier alpha value is -0.860. The summed E-state index contributed by atoms with van der Waals surface area (Å²) in [5.41, 5.74) is 0.970. The molecule has 1 saturated carbocycles. The van der Waals surface area contributed by atoms with Gasteiger partial charge in [-0.2, -0.15) is 0 Å². The molecule has 0 amide bonds. The average molecular weight is 222 g/mol. The van der Waals surface area contributed by atoms with Gasteiger partial charge < -0.3 is 10.2 Å². The molecule has 0 spiro atoms. The molecular formula is C14H22O2. The predicted octanol–water partition coefficient (Wildman–Crippen LogP) is 3.05. The highest BCUT2D eigenvalue weighted by Crippen LogP contribution is 2.16. The quantitative estimate of drug-likeness (QED) is 0.766. The standard InChI is InChI=1S/C8H10O.C6H12O/c1-7(9)8-5-3-2-4-6-8;7-6-4-2-1-3-5-6/h2-7,9H,1H3;6-7H,1-5H2. The van der Waals surface area contributed by atoms with Crippen LogP contribution in [-0.4, -0.2) is 16.3 Å². The van der Waals surface area contributed by atoms with Gasteiger partial charge in [0.25, 0.3) is 0 Å². The first-order chi connectivity index (χ1) is 7.70.